The zero-order valence-electron chi connectivity index (χ0n) is 15.9. The predicted octanol–water partition coefficient (Wildman–Crippen LogP) is 3.60. The molecule has 0 atom stereocenters. The van der Waals surface area contributed by atoms with Gasteiger partial charge >= 0.3 is 0 Å². The first-order valence-corrected chi connectivity index (χ1v) is 12.2. The van der Waals surface area contributed by atoms with E-state index in [2.05, 4.69) is 15.6 Å². The van der Waals surface area contributed by atoms with Crippen LogP contribution >= 0.6 is 23.4 Å². The van der Waals surface area contributed by atoms with E-state index in [4.69, 9.17) is 11.6 Å². The van der Waals surface area contributed by atoms with Gasteiger partial charge in [0.15, 0.2) is 15.8 Å². The largest absolute Gasteiger partial charge is 0.356 e. The van der Waals surface area contributed by atoms with Crippen LogP contribution in [0, 0.1) is 0 Å². The lowest BCUT2D eigenvalue weighted by Crippen LogP contribution is -2.39. The third-order valence-electron chi connectivity index (χ3n) is 3.85. The van der Waals surface area contributed by atoms with Crippen molar-refractivity contribution in [2.45, 2.75) is 17.1 Å². The molecule has 0 aliphatic heterocycles. The van der Waals surface area contributed by atoms with E-state index in [1.807, 2.05) is 54.6 Å². The number of halogens is 1. The Balaban J connectivity index is 1.62. The van der Waals surface area contributed by atoms with Gasteiger partial charge in [0.1, 0.15) is 0 Å². The van der Waals surface area contributed by atoms with E-state index in [0.717, 1.165) is 27.8 Å². The Bertz CT molecular complexity index is 842. The molecular weight excluding hydrogens is 414 g/mol. The van der Waals surface area contributed by atoms with Gasteiger partial charge in [0.05, 0.1) is 11.5 Å². The summed E-state index contributed by atoms with van der Waals surface area (Å²) >= 11 is 7.61. The van der Waals surface area contributed by atoms with Crippen LogP contribution in [0.15, 0.2) is 64.5 Å². The molecule has 2 aromatic rings. The molecule has 0 amide bonds. The number of benzene rings is 2. The van der Waals surface area contributed by atoms with Crippen LogP contribution in [0.5, 0.6) is 0 Å². The molecule has 0 unspecified atom stereocenters. The Kier molecular flexibility index (Phi) is 9.67. The smallest absolute Gasteiger partial charge is 0.191 e. The van der Waals surface area contributed by atoms with E-state index < -0.39 is 9.84 Å². The normalized spacial score (nSPS) is 12.0. The lowest BCUT2D eigenvalue weighted by atomic mass is 10.2. The van der Waals surface area contributed by atoms with Gasteiger partial charge in [0.25, 0.3) is 0 Å². The van der Waals surface area contributed by atoms with E-state index in [0.29, 0.717) is 18.9 Å². The zero-order valence-corrected chi connectivity index (χ0v) is 18.3. The van der Waals surface area contributed by atoms with Crippen LogP contribution < -0.4 is 10.6 Å². The van der Waals surface area contributed by atoms with Crippen LogP contribution in [0.4, 0.5) is 0 Å². The van der Waals surface area contributed by atoms with Gasteiger partial charge in [-0.15, -0.1) is 11.8 Å². The van der Waals surface area contributed by atoms with Crippen molar-refractivity contribution >= 4 is 39.2 Å². The molecule has 0 aromatic heterocycles. The number of guanidine groups is 1. The Labute approximate surface area is 176 Å². The summed E-state index contributed by atoms with van der Waals surface area (Å²) in [7, 11) is -1.40. The van der Waals surface area contributed by atoms with E-state index >= 15 is 0 Å². The molecule has 0 aliphatic rings. The zero-order chi connectivity index (χ0) is 20.2. The highest BCUT2D eigenvalue weighted by Gasteiger charge is 2.11. The minimum Gasteiger partial charge on any atom is -0.356 e. The molecule has 0 spiro atoms. The van der Waals surface area contributed by atoms with Gasteiger partial charge < -0.3 is 10.6 Å². The van der Waals surface area contributed by atoms with Crippen molar-refractivity contribution in [2.24, 2.45) is 4.99 Å². The highest BCUT2D eigenvalue weighted by Crippen LogP contribution is 2.19. The molecule has 0 fully saturated rings. The molecule has 8 heteroatoms. The summed E-state index contributed by atoms with van der Waals surface area (Å²) in [5, 5.41) is 7.12. The molecule has 0 heterocycles. The molecule has 0 saturated carbocycles. The van der Waals surface area contributed by atoms with Crippen LogP contribution in [0.1, 0.15) is 12.0 Å². The topological polar surface area (TPSA) is 70.6 Å². The first-order chi connectivity index (χ1) is 13.5. The highest BCUT2D eigenvalue weighted by molar-refractivity contribution is 7.99. The van der Waals surface area contributed by atoms with Crippen LogP contribution in [0.2, 0.25) is 5.02 Å². The van der Waals surface area contributed by atoms with E-state index in [1.54, 1.807) is 18.8 Å². The van der Waals surface area contributed by atoms with E-state index in [-0.39, 0.29) is 11.5 Å². The van der Waals surface area contributed by atoms with Crippen molar-refractivity contribution in [1.82, 2.24) is 10.6 Å². The fourth-order valence-corrected chi connectivity index (χ4v) is 4.81. The number of aliphatic imine (C=N–C) groups is 1. The number of nitrogens with one attached hydrogen (secondary N) is 2. The maximum absolute atomic E-state index is 12.2. The molecule has 2 rings (SSSR count). The molecule has 0 bridgehead atoms. The maximum atomic E-state index is 12.2. The van der Waals surface area contributed by atoms with Crippen molar-refractivity contribution in [3.63, 3.8) is 0 Å². The number of rotatable bonds is 10. The summed E-state index contributed by atoms with van der Waals surface area (Å²) in [6.45, 7) is 1.30. The SMILES string of the molecule is CN=C(NCCCS(=O)(=O)Cc1ccccc1)NCCSc1ccc(Cl)cc1. The first-order valence-electron chi connectivity index (χ1n) is 9.06. The predicted molar refractivity (Wildman–Crippen MR) is 120 cm³/mol. The van der Waals surface area contributed by atoms with Gasteiger partial charge in [0.2, 0.25) is 0 Å². The Hall–Kier alpha value is -1.70. The first kappa shape index (κ1) is 22.6. The Morgan fingerprint density at radius 1 is 1.04 bits per heavy atom. The van der Waals surface area contributed by atoms with Gasteiger partial charge in [-0.2, -0.15) is 0 Å². The second-order valence-corrected chi connectivity index (χ2v) is 9.95. The van der Waals surface area contributed by atoms with Crippen LogP contribution in [-0.4, -0.2) is 46.0 Å². The van der Waals surface area contributed by atoms with E-state index in [9.17, 15) is 8.42 Å². The van der Waals surface area contributed by atoms with Crippen molar-refractivity contribution in [1.29, 1.82) is 0 Å². The van der Waals surface area contributed by atoms with Crippen molar-refractivity contribution < 1.29 is 8.42 Å². The second kappa shape index (κ2) is 12.0. The Morgan fingerprint density at radius 3 is 2.39 bits per heavy atom. The Morgan fingerprint density at radius 2 is 1.71 bits per heavy atom. The van der Waals surface area contributed by atoms with Crippen LogP contribution in [-0.2, 0) is 15.6 Å². The average molecular weight is 440 g/mol. The van der Waals surface area contributed by atoms with Gasteiger partial charge in [-0.1, -0.05) is 41.9 Å². The lowest BCUT2D eigenvalue weighted by Gasteiger charge is -2.12. The third-order valence-corrected chi connectivity index (χ3v) is 6.80. The summed E-state index contributed by atoms with van der Waals surface area (Å²) in [4.78, 5) is 5.33. The average Bonchev–Trinajstić information content (AvgIpc) is 2.68. The van der Waals surface area contributed by atoms with Gasteiger partial charge in [-0.25, -0.2) is 8.42 Å². The number of hydrogen-bond donors (Lipinski definition) is 2. The molecule has 28 heavy (non-hydrogen) atoms. The maximum Gasteiger partial charge on any atom is 0.191 e. The molecule has 0 radical (unpaired) electrons. The highest BCUT2D eigenvalue weighted by atomic mass is 35.5. The minimum absolute atomic E-state index is 0.0860. The van der Waals surface area contributed by atoms with Gasteiger partial charge in [-0.05, 0) is 36.2 Å². The molecule has 2 aromatic carbocycles. The molecule has 0 saturated heterocycles. The van der Waals surface area contributed by atoms with E-state index in [1.165, 1.54) is 0 Å². The molecular formula is C20H26ClN3O2S2. The summed E-state index contributed by atoms with van der Waals surface area (Å²) in [6, 6.07) is 17.0. The van der Waals surface area contributed by atoms with Crippen molar-refractivity contribution in [3.8, 4) is 0 Å². The number of nitrogens with zero attached hydrogens (tertiary/aromatic N) is 1. The van der Waals surface area contributed by atoms with Gasteiger partial charge in [-0.3, -0.25) is 4.99 Å². The molecule has 2 N–H and O–H groups in total. The van der Waals surface area contributed by atoms with Crippen LogP contribution in [0.25, 0.3) is 0 Å². The van der Waals surface area contributed by atoms with Crippen molar-refractivity contribution in [3.05, 3.63) is 65.2 Å². The summed E-state index contributed by atoms with van der Waals surface area (Å²) in [6.07, 6.45) is 0.537. The standard InChI is InChI=1S/C20H26ClN3O2S2/c1-22-20(24-13-14-27-19-10-8-18(21)9-11-19)23-12-5-15-28(25,26)16-17-6-3-2-4-7-17/h2-4,6-11H,5,12-16H2,1H3,(H2,22,23,24). The number of hydrogen-bond acceptors (Lipinski definition) is 4. The van der Waals surface area contributed by atoms with Crippen molar-refractivity contribution in [2.75, 3.05) is 31.6 Å². The second-order valence-electron chi connectivity index (χ2n) is 6.16. The number of thioether (sulfide) groups is 1. The fourth-order valence-electron chi connectivity index (χ4n) is 2.49. The summed E-state index contributed by atoms with van der Waals surface area (Å²) < 4.78 is 24.4. The molecule has 0 aliphatic carbocycles. The third kappa shape index (κ3) is 8.99. The monoisotopic (exact) mass is 439 g/mol. The number of sulfone groups is 1. The molecule has 152 valence electrons. The molecule has 5 nitrogen and oxygen atoms in total. The lowest BCUT2D eigenvalue weighted by molar-refractivity contribution is 0.591. The van der Waals surface area contributed by atoms with Crippen LogP contribution in [0.3, 0.4) is 0 Å². The fraction of sp³-hybridized carbons (Fsp3) is 0.350. The van der Waals surface area contributed by atoms with Gasteiger partial charge in [0, 0.05) is 35.8 Å². The quantitative estimate of drug-likeness (QED) is 0.256. The summed E-state index contributed by atoms with van der Waals surface area (Å²) in [5.41, 5.74) is 0.825. The summed E-state index contributed by atoms with van der Waals surface area (Å²) in [5.74, 6) is 1.80. The minimum atomic E-state index is -3.11.